The molecule has 0 fully saturated rings. The number of rotatable bonds is 19. The van der Waals surface area contributed by atoms with Gasteiger partial charge in [0.2, 0.25) is 0 Å². The molecule has 0 bridgehead atoms. The average molecular weight is 809 g/mol. The molecule has 0 saturated carbocycles. The highest BCUT2D eigenvalue weighted by Crippen LogP contribution is 2.49. The van der Waals surface area contributed by atoms with Gasteiger partial charge in [-0.3, -0.25) is 9.05 Å². The van der Waals surface area contributed by atoms with E-state index in [0.29, 0.717) is 18.3 Å². The smallest absolute Gasteiger partial charge is 0.417 e. The predicted octanol–water partition coefficient (Wildman–Crippen LogP) is 15.5. The summed E-state index contributed by atoms with van der Waals surface area (Å²) in [6.07, 6.45) is 0.894. The van der Waals surface area contributed by atoms with Crippen molar-refractivity contribution in [2.24, 2.45) is 0 Å². The van der Waals surface area contributed by atoms with Gasteiger partial charge in [-0.2, -0.15) is 0 Å². The van der Waals surface area contributed by atoms with E-state index in [-0.39, 0.29) is 24.4 Å². The lowest BCUT2D eigenvalue weighted by atomic mass is 9.96. The van der Waals surface area contributed by atoms with E-state index < -0.39 is 17.2 Å². The van der Waals surface area contributed by atoms with E-state index in [9.17, 15) is 0 Å². The van der Waals surface area contributed by atoms with Crippen LogP contribution in [0.3, 0.4) is 0 Å². The van der Waals surface area contributed by atoms with Crippen molar-refractivity contribution < 1.29 is 27.1 Å². The highest BCUT2D eigenvalue weighted by atomic mass is 31.2. The van der Waals surface area contributed by atoms with Crippen molar-refractivity contribution in [3.05, 3.63) is 153 Å². The molecule has 57 heavy (non-hydrogen) atoms. The molecule has 0 aliphatic rings. The third kappa shape index (κ3) is 12.3. The molecule has 0 heterocycles. The molecule has 1 atom stereocenters. The Bertz CT molecular complexity index is 2010. The van der Waals surface area contributed by atoms with Gasteiger partial charge in [-0.25, -0.2) is 0 Å². The van der Waals surface area contributed by atoms with Crippen molar-refractivity contribution in [1.82, 2.24) is 0 Å². The molecule has 5 aromatic rings. The first-order valence-electron chi connectivity index (χ1n) is 20.3. The zero-order valence-corrected chi connectivity index (χ0v) is 37.8. The van der Waals surface area contributed by atoms with Gasteiger partial charge in [-0.05, 0) is 120 Å². The Morgan fingerprint density at radius 1 is 0.421 bits per heavy atom. The first-order valence-corrected chi connectivity index (χ1v) is 22.5. The second-order valence-corrected chi connectivity index (χ2v) is 18.2. The van der Waals surface area contributed by atoms with Gasteiger partial charge in [-0.15, -0.1) is 0 Å². The first-order chi connectivity index (χ1) is 27.2. The van der Waals surface area contributed by atoms with E-state index in [1.54, 1.807) is 0 Å². The van der Waals surface area contributed by atoms with Crippen LogP contribution in [0, 0.1) is 20.8 Å². The Kier molecular flexibility index (Phi) is 16.0. The molecule has 0 radical (unpaired) electrons. The zero-order valence-electron chi connectivity index (χ0n) is 36.0. The quantitative estimate of drug-likeness (QED) is 0.0775. The van der Waals surface area contributed by atoms with E-state index in [1.165, 1.54) is 16.7 Å². The molecule has 8 heteroatoms. The van der Waals surface area contributed by atoms with E-state index in [0.717, 1.165) is 62.6 Å². The summed E-state index contributed by atoms with van der Waals surface area (Å²) in [4.78, 5) is 0. The number of benzene rings is 5. The van der Waals surface area contributed by atoms with Gasteiger partial charge in [0.1, 0.15) is 23.0 Å². The van der Waals surface area contributed by atoms with E-state index >= 15 is 0 Å². The molecule has 0 N–H and O–H groups in total. The summed E-state index contributed by atoms with van der Waals surface area (Å²) < 4.78 is 40.3. The maximum absolute atomic E-state index is 6.78. The zero-order chi connectivity index (χ0) is 41.2. The number of para-hydroxylation sites is 1. The molecule has 6 nitrogen and oxygen atoms in total. The summed E-state index contributed by atoms with van der Waals surface area (Å²) in [5.74, 6) is 4.01. The number of aryl methyl sites for hydroxylation is 4. The first kappa shape index (κ1) is 44.2. The van der Waals surface area contributed by atoms with Gasteiger partial charge in [0.15, 0.2) is 0 Å². The third-order valence-corrected chi connectivity index (χ3v) is 12.0. The van der Waals surface area contributed by atoms with Crippen molar-refractivity contribution in [2.75, 3.05) is 0 Å². The van der Waals surface area contributed by atoms with Gasteiger partial charge in [-0.1, -0.05) is 141 Å². The molecule has 304 valence electrons. The van der Waals surface area contributed by atoms with Crippen LogP contribution >= 0.6 is 17.2 Å². The van der Waals surface area contributed by atoms with Crippen LogP contribution in [0.25, 0.3) is 0 Å². The summed E-state index contributed by atoms with van der Waals surface area (Å²) in [5, 5.41) is 0. The highest BCUT2D eigenvalue weighted by Gasteiger charge is 2.26. The topological polar surface area (TPSA) is 55.4 Å². The molecule has 0 aromatic heterocycles. The van der Waals surface area contributed by atoms with Gasteiger partial charge < -0.3 is 18.1 Å². The number of hydrogen-bond donors (Lipinski definition) is 0. The highest BCUT2D eigenvalue weighted by molar-refractivity contribution is 7.42. The van der Waals surface area contributed by atoms with Crippen LogP contribution in [0.1, 0.15) is 142 Å². The lowest BCUT2D eigenvalue weighted by molar-refractivity contribution is 0.243. The fraction of sp³-hybridized carbons (Fsp3) is 0.388. The Morgan fingerprint density at radius 3 is 1.32 bits per heavy atom. The third-order valence-electron chi connectivity index (χ3n) is 9.93. The molecule has 0 aliphatic heterocycles. The van der Waals surface area contributed by atoms with E-state index in [2.05, 4.69) is 156 Å². The van der Waals surface area contributed by atoms with Crippen LogP contribution in [0.5, 0.6) is 23.0 Å². The summed E-state index contributed by atoms with van der Waals surface area (Å²) in [6.45, 7) is 26.4. The van der Waals surface area contributed by atoms with Crippen LogP contribution in [0.4, 0.5) is 0 Å². The van der Waals surface area contributed by atoms with Crippen molar-refractivity contribution in [2.45, 2.75) is 126 Å². The monoisotopic (exact) mass is 808 g/mol. The van der Waals surface area contributed by atoms with Crippen LogP contribution in [-0.2, 0) is 28.7 Å². The maximum atomic E-state index is 6.78. The Hall–Kier alpha value is -3.92. The minimum atomic E-state index is -1.90. The predicted molar refractivity (Wildman–Crippen MR) is 238 cm³/mol. The summed E-state index contributed by atoms with van der Waals surface area (Å²) in [5.41, 5.74) is 11.1. The molecular weight excluding hydrogens is 746 g/mol. The Balaban J connectivity index is 1.48. The minimum absolute atomic E-state index is 0.175. The van der Waals surface area contributed by atoms with Crippen molar-refractivity contribution >= 4 is 17.2 Å². The maximum Gasteiger partial charge on any atom is 0.463 e. The van der Waals surface area contributed by atoms with Gasteiger partial charge >= 0.3 is 17.2 Å². The van der Waals surface area contributed by atoms with Crippen molar-refractivity contribution in [3.63, 3.8) is 0 Å². The fourth-order valence-electron chi connectivity index (χ4n) is 6.59. The van der Waals surface area contributed by atoms with E-state index in [4.69, 9.17) is 27.1 Å². The standard InChI is InChI=1S/C49H62O6P2/c1-13-39-21-25-45(35(8)9)49(29-39)55-56(51-31-41-26-36(10)18-22-42(41)32(2)3)52-46-17-15-14-16-40(46)30-50-57(53-47-27-37(11)19-23-43(47)33(4)5)54-48-28-38(12)20-24-44(48)34(6)7/h14-29,32-35H,13,30-31H2,1-12H3. The molecule has 0 spiro atoms. The lowest BCUT2D eigenvalue weighted by Crippen LogP contribution is -2.07. The van der Waals surface area contributed by atoms with Crippen molar-refractivity contribution in [3.8, 4) is 23.0 Å². The van der Waals surface area contributed by atoms with Crippen LogP contribution in [0.15, 0.2) is 97.1 Å². The second-order valence-electron chi connectivity index (χ2n) is 16.1. The van der Waals surface area contributed by atoms with Gasteiger partial charge in [0.25, 0.3) is 0 Å². The van der Waals surface area contributed by atoms with E-state index in [1.807, 2.05) is 24.3 Å². The average Bonchev–Trinajstić information content (AvgIpc) is 3.16. The SMILES string of the molecule is CCc1ccc(C(C)C)c(OP(OCc2cc(C)ccc2C(C)C)Oc2ccccc2COP(Oc2cc(C)ccc2C(C)C)Oc2cc(C)ccc2C(C)C)c1. The molecular formula is C49H62O6P2. The van der Waals surface area contributed by atoms with Crippen LogP contribution in [-0.4, -0.2) is 0 Å². The molecule has 0 amide bonds. The largest absolute Gasteiger partial charge is 0.463 e. The summed E-state index contributed by atoms with van der Waals surface area (Å²) in [7, 11) is -3.80. The van der Waals surface area contributed by atoms with Crippen LogP contribution in [0.2, 0.25) is 0 Å². The minimum Gasteiger partial charge on any atom is -0.417 e. The lowest BCUT2D eigenvalue weighted by Gasteiger charge is -2.24. The number of hydrogen-bond acceptors (Lipinski definition) is 6. The van der Waals surface area contributed by atoms with Crippen LogP contribution < -0.4 is 18.1 Å². The van der Waals surface area contributed by atoms with Gasteiger partial charge in [0, 0.05) is 5.56 Å². The normalized spacial score (nSPS) is 12.2. The summed E-state index contributed by atoms with van der Waals surface area (Å²) in [6, 6.07) is 33.5. The van der Waals surface area contributed by atoms with Gasteiger partial charge in [0.05, 0.1) is 13.2 Å². The molecule has 0 saturated heterocycles. The Morgan fingerprint density at radius 2 is 0.825 bits per heavy atom. The van der Waals surface area contributed by atoms with Crippen molar-refractivity contribution in [1.29, 1.82) is 0 Å². The molecule has 1 unspecified atom stereocenters. The molecule has 0 aliphatic carbocycles. The molecule has 5 rings (SSSR count). The fourth-order valence-corrected chi connectivity index (χ4v) is 8.66. The Labute approximate surface area is 345 Å². The second kappa shape index (κ2) is 20.7. The summed E-state index contributed by atoms with van der Waals surface area (Å²) >= 11 is 0. The molecule has 5 aromatic carbocycles.